The van der Waals surface area contributed by atoms with Crippen LogP contribution in [0.15, 0.2) is 11.8 Å². The van der Waals surface area contributed by atoms with E-state index in [4.69, 9.17) is 4.43 Å². The van der Waals surface area contributed by atoms with Crippen LogP contribution in [-0.4, -0.2) is 14.1 Å². The van der Waals surface area contributed by atoms with E-state index in [0.29, 0.717) is 34.2 Å². The maximum Gasteiger partial charge on any atom is 0.258 e. The van der Waals surface area contributed by atoms with Crippen LogP contribution in [0.4, 0.5) is 0 Å². The molecule has 3 atom stereocenters. The number of rotatable bonds is 6. The lowest BCUT2D eigenvalue weighted by atomic mass is 9.67. The first-order chi connectivity index (χ1) is 11.0. The van der Waals surface area contributed by atoms with Gasteiger partial charge in [0.25, 0.3) is 8.32 Å². The monoisotopic (exact) mass is 350 g/mol. The highest BCUT2D eigenvalue weighted by Crippen LogP contribution is 2.54. The highest BCUT2D eigenvalue weighted by Gasteiger charge is 2.56. The van der Waals surface area contributed by atoms with E-state index in [9.17, 15) is 4.79 Å². The lowest BCUT2D eigenvalue weighted by Gasteiger charge is -2.44. The first-order valence-electron chi connectivity index (χ1n) is 9.93. The topological polar surface area (TPSA) is 26.3 Å². The van der Waals surface area contributed by atoms with Gasteiger partial charge in [0.15, 0.2) is 5.78 Å². The number of fused-ring (bicyclic) bond motifs is 2. The van der Waals surface area contributed by atoms with Gasteiger partial charge in [-0.1, -0.05) is 55.4 Å². The molecular formula is C21H38O2Si. The summed E-state index contributed by atoms with van der Waals surface area (Å²) in [5.74, 6) is 2.44. The van der Waals surface area contributed by atoms with E-state index in [1.54, 1.807) is 0 Å². The molecule has 0 saturated heterocycles. The third-order valence-electron chi connectivity index (χ3n) is 6.90. The number of hydrogen-bond donors (Lipinski definition) is 0. The van der Waals surface area contributed by atoms with Crippen molar-refractivity contribution in [1.82, 2.24) is 0 Å². The summed E-state index contributed by atoms with van der Waals surface area (Å²) in [6.45, 7) is 20.5. The summed E-state index contributed by atoms with van der Waals surface area (Å²) in [5, 5.41) is 0. The predicted octanol–water partition coefficient (Wildman–Crippen LogP) is 6.33. The van der Waals surface area contributed by atoms with Crippen LogP contribution >= 0.6 is 0 Å². The summed E-state index contributed by atoms with van der Waals surface area (Å²) in [6, 6.07) is 0. The van der Waals surface area contributed by atoms with Gasteiger partial charge in [0, 0.05) is 5.41 Å². The van der Waals surface area contributed by atoms with Crippen LogP contribution in [-0.2, 0) is 9.22 Å². The molecule has 2 aliphatic carbocycles. The second kappa shape index (κ2) is 6.62. The second-order valence-electron chi connectivity index (χ2n) is 9.67. The lowest BCUT2D eigenvalue weighted by molar-refractivity contribution is -0.133. The highest BCUT2D eigenvalue weighted by atomic mass is 28.4. The number of carbonyl (C=O) groups excluding carboxylic acids is 1. The van der Waals surface area contributed by atoms with Crippen molar-refractivity contribution in [2.24, 2.45) is 23.2 Å². The maximum atomic E-state index is 13.1. The summed E-state index contributed by atoms with van der Waals surface area (Å²) >= 11 is 0. The number of Topliss-reactive ketones (excluding diaryl/α,β-unsaturated/α-hetero) is 1. The van der Waals surface area contributed by atoms with Crippen LogP contribution in [0.3, 0.4) is 0 Å². The molecule has 0 aromatic carbocycles. The summed E-state index contributed by atoms with van der Waals surface area (Å²) in [7, 11) is -2.00. The van der Waals surface area contributed by atoms with Gasteiger partial charge in [-0.25, -0.2) is 0 Å². The number of carbonyl (C=O) groups is 1. The van der Waals surface area contributed by atoms with E-state index in [2.05, 4.69) is 68.4 Å². The fourth-order valence-corrected chi connectivity index (χ4v) is 10.9. The van der Waals surface area contributed by atoms with E-state index in [1.165, 1.54) is 0 Å². The quantitative estimate of drug-likeness (QED) is 0.523. The third-order valence-corrected chi connectivity index (χ3v) is 12.9. The number of ketones is 1. The van der Waals surface area contributed by atoms with Crippen molar-refractivity contribution in [1.29, 1.82) is 0 Å². The van der Waals surface area contributed by atoms with Crippen molar-refractivity contribution >= 4 is 14.1 Å². The van der Waals surface area contributed by atoms with Crippen LogP contribution < -0.4 is 0 Å². The molecule has 0 aromatic heterocycles. The van der Waals surface area contributed by atoms with Gasteiger partial charge in [0.2, 0.25) is 0 Å². The Morgan fingerprint density at radius 1 is 1.04 bits per heavy atom. The predicted molar refractivity (Wildman–Crippen MR) is 104 cm³/mol. The Morgan fingerprint density at radius 3 is 1.96 bits per heavy atom. The van der Waals surface area contributed by atoms with E-state index in [-0.39, 0.29) is 11.3 Å². The molecular weight excluding hydrogens is 312 g/mol. The molecule has 138 valence electrons. The van der Waals surface area contributed by atoms with Crippen LogP contribution in [0.2, 0.25) is 16.6 Å². The van der Waals surface area contributed by atoms with Crippen molar-refractivity contribution in [3.8, 4) is 0 Å². The molecule has 0 aromatic rings. The molecule has 2 bridgehead atoms. The molecule has 2 rings (SSSR count). The highest BCUT2D eigenvalue weighted by molar-refractivity contribution is 6.77. The van der Waals surface area contributed by atoms with E-state index < -0.39 is 8.32 Å². The fraction of sp³-hybridized carbons (Fsp3) is 0.857. The second-order valence-corrected chi connectivity index (χ2v) is 15.0. The summed E-state index contributed by atoms with van der Waals surface area (Å²) < 4.78 is 6.99. The Labute approximate surface area is 150 Å². The van der Waals surface area contributed by atoms with Crippen molar-refractivity contribution in [2.45, 2.75) is 91.8 Å². The van der Waals surface area contributed by atoms with Crippen molar-refractivity contribution in [3.63, 3.8) is 0 Å². The normalized spacial score (nSPS) is 30.7. The molecule has 0 N–H and O–H groups in total. The van der Waals surface area contributed by atoms with E-state index in [0.717, 1.165) is 18.6 Å². The van der Waals surface area contributed by atoms with Crippen LogP contribution in [0.1, 0.15) is 75.2 Å². The molecule has 0 spiro atoms. The lowest BCUT2D eigenvalue weighted by Crippen LogP contribution is -2.48. The first-order valence-corrected chi connectivity index (χ1v) is 12.1. The van der Waals surface area contributed by atoms with E-state index >= 15 is 0 Å². The molecule has 2 aliphatic rings. The first kappa shape index (κ1) is 19.7. The van der Waals surface area contributed by atoms with E-state index in [1.807, 2.05) is 0 Å². The summed E-state index contributed by atoms with van der Waals surface area (Å²) in [5.41, 5.74) is 1.34. The van der Waals surface area contributed by atoms with Gasteiger partial charge >= 0.3 is 0 Å². The Hall–Kier alpha value is -0.573. The smallest absolute Gasteiger partial charge is 0.258 e. The molecule has 0 amide bonds. The molecule has 0 aliphatic heterocycles. The Kier molecular flexibility index (Phi) is 5.45. The Morgan fingerprint density at radius 2 is 1.54 bits per heavy atom. The minimum absolute atomic E-state index is 0.00637. The molecule has 1 fully saturated rings. The average molecular weight is 351 g/mol. The fourth-order valence-electron chi connectivity index (χ4n) is 5.56. The molecule has 0 unspecified atom stereocenters. The largest absolute Gasteiger partial charge is 0.545 e. The van der Waals surface area contributed by atoms with Gasteiger partial charge in [-0.2, -0.15) is 0 Å². The van der Waals surface area contributed by atoms with Gasteiger partial charge in [-0.15, -0.1) is 0 Å². The Balaban J connectivity index is 2.45. The van der Waals surface area contributed by atoms with Gasteiger partial charge < -0.3 is 4.43 Å². The zero-order valence-corrected chi connectivity index (χ0v) is 18.3. The third kappa shape index (κ3) is 2.91. The van der Waals surface area contributed by atoms with Crippen LogP contribution in [0, 0.1) is 23.2 Å². The van der Waals surface area contributed by atoms with Crippen LogP contribution in [0.5, 0.6) is 0 Å². The summed E-state index contributed by atoms with van der Waals surface area (Å²) in [4.78, 5) is 13.1. The molecule has 3 heteroatoms. The zero-order chi connectivity index (χ0) is 18.4. The molecule has 0 radical (unpaired) electrons. The SMILES string of the molecule is CC(C)[C@H]1CC[C@@]2(C)C=C(O[Si](C(C)C)(C(C)C)C(C)C)[C@@H]1C2=O. The van der Waals surface area contributed by atoms with Crippen molar-refractivity contribution < 1.29 is 9.22 Å². The number of allylic oxidation sites excluding steroid dienone is 2. The average Bonchev–Trinajstić information content (AvgIpc) is 2.60. The van der Waals surface area contributed by atoms with Gasteiger partial charge in [-0.3, -0.25) is 4.79 Å². The molecule has 1 saturated carbocycles. The van der Waals surface area contributed by atoms with Gasteiger partial charge in [0.1, 0.15) is 0 Å². The Bertz CT molecular complexity index is 496. The van der Waals surface area contributed by atoms with Crippen molar-refractivity contribution in [2.75, 3.05) is 0 Å². The maximum absolute atomic E-state index is 13.1. The van der Waals surface area contributed by atoms with Gasteiger partial charge in [0.05, 0.1) is 11.7 Å². The number of hydrogen-bond acceptors (Lipinski definition) is 2. The summed E-state index contributed by atoms with van der Waals surface area (Å²) in [6.07, 6.45) is 4.35. The van der Waals surface area contributed by atoms with Gasteiger partial charge in [-0.05, 0) is 54.3 Å². The standard InChI is InChI=1S/C21H38O2Si/c1-13(2)17-10-11-21(9)12-18(19(17)20(21)22)23-24(14(3)4,15(5)6)16(7)8/h12-17,19H,10-11H2,1-9H3/t17-,19-,21+/m1/s1. The molecule has 24 heavy (non-hydrogen) atoms. The zero-order valence-electron chi connectivity index (χ0n) is 17.3. The van der Waals surface area contributed by atoms with Crippen LogP contribution in [0.25, 0.3) is 0 Å². The minimum atomic E-state index is -2.00. The molecule has 0 heterocycles. The minimum Gasteiger partial charge on any atom is -0.545 e. The molecule has 2 nitrogen and oxygen atoms in total. The van der Waals surface area contributed by atoms with Crippen molar-refractivity contribution in [3.05, 3.63) is 11.8 Å².